The van der Waals surface area contributed by atoms with Crippen LogP contribution in [0.1, 0.15) is 11.1 Å². The maximum Gasteiger partial charge on any atom is 0.417 e. The number of rotatable bonds is 6. The average Bonchev–Trinajstić information content (AvgIpc) is 2.36. The quantitative estimate of drug-likeness (QED) is 0.776. The minimum absolute atomic E-state index is 0.115. The van der Waals surface area contributed by atoms with Gasteiger partial charge in [-0.05, 0) is 18.2 Å². The molecular weight excluding hydrogens is 275 g/mol. The molecule has 1 aromatic rings. The molecule has 3 N–H and O–H groups in total. The van der Waals surface area contributed by atoms with Crippen molar-refractivity contribution >= 4 is 11.6 Å². The molecule has 1 rings (SSSR count). The molecule has 0 radical (unpaired) electrons. The van der Waals surface area contributed by atoms with Crippen molar-refractivity contribution in [3.05, 3.63) is 29.3 Å². The number of hydrogen-bond acceptors (Lipinski definition) is 4. The number of ether oxygens (including phenoxy) is 1. The Kier molecular flexibility index (Phi) is 5.34. The van der Waals surface area contributed by atoms with Crippen LogP contribution in [-0.2, 0) is 15.7 Å². The van der Waals surface area contributed by atoms with Crippen molar-refractivity contribution in [3.8, 4) is 6.07 Å². The molecule has 0 aromatic heterocycles. The van der Waals surface area contributed by atoms with Crippen LogP contribution in [0.25, 0.3) is 0 Å². The maximum absolute atomic E-state index is 12.7. The Morgan fingerprint density at radius 1 is 1.45 bits per heavy atom. The summed E-state index contributed by atoms with van der Waals surface area (Å²) < 4.78 is 42.9. The van der Waals surface area contributed by atoms with Gasteiger partial charge in [-0.1, -0.05) is 0 Å². The van der Waals surface area contributed by atoms with Crippen LogP contribution in [0.4, 0.5) is 18.9 Å². The van der Waals surface area contributed by atoms with E-state index in [4.69, 9.17) is 15.7 Å². The summed E-state index contributed by atoms with van der Waals surface area (Å²) in [5.41, 5.74) is 3.62. The Labute approximate surface area is 113 Å². The summed E-state index contributed by atoms with van der Waals surface area (Å²) in [5, 5.41) is 11.3. The molecule has 0 saturated carbocycles. The van der Waals surface area contributed by atoms with Gasteiger partial charge >= 0.3 is 6.18 Å². The summed E-state index contributed by atoms with van der Waals surface area (Å²) >= 11 is 0. The van der Waals surface area contributed by atoms with Crippen LogP contribution in [0.5, 0.6) is 0 Å². The van der Waals surface area contributed by atoms with E-state index in [2.05, 4.69) is 5.32 Å². The van der Waals surface area contributed by atoms with Crippen molar-refractivity contribution in [2.24, 2.45) is 5.73 Å². The highest BCUT2D eigenvalue weighted by Crippen LogP contribution is 2.33. The van der Waals surface area contributed by atoms with Crippen molar-refractivity contribution in [2.75, 3.05) is 25.1 Å². The molecule has 0 aliphatic carbocycles. The summed E-state index contributed by atoms with van der Waals surface area (Å²) in [6.07, 6.45) is -4.59. The smallest absolute Gasteiger partial charge is 0.383 e. The van der Waals surface area contributed by atoms with Crippen molar-refractivity contribution < 1.29 is 22.7 Å². The molecule has 20 heavy (non-hydrogen) atoms. The molecule has 0 aliphatic heterocycles. The van der Waals surface area contributed by atoms with Gasteiger partial charge in [0.05, 0.1) is 23.8 Å². The summed E-state index contributed by atoms with van der Waals surface area (Å²) in [6.45, 7) is 0.0730. The molecule has 0 aliphatic rings. The standard InChI is InChI=1S/C12H12F3N3O2/c13-12(14,15)10-5-9(2-1-8(10)6-16)18-3-4-20-7-11(17)19/h1-2,5,18H,3-4,7H2,(H2,17,19). The highest BCUT2D eigenvalue weighted by molar-refractivity contribution is 5.74. The third-order valence-electron chi connectivity index (χ3n) is 2.27. The SMILES string of the molecule is N#Cc1ccc(NCCOCC(N)=O)cc1C(F)(F)F. The van der Waals surface area contributed by atoms with E-state index >= 15 is 0 Å². The lowest BCUT2D eigenvalue weighted by Gasteiger charge is -2.12. The Bertz CT molecular complexity index is 524. The number of nitriles is 1. The first-order valence-corrected chi connectivity index (χ1v) is 5.56. The third-order valence-corrected chi connectivity index (χ3v) is 2.27. The number of carbonyl (C=O) groups is 1. The summed E-state index contributed by atoms with van der Waals surface area (Å²) in [4.78, 5) is 10.4. The lowest BCUT2D eigenvalue weighted by Crippen LogP contribution is -2.20. The van der Waals surface area contributed by atoms with Gasteiger partial charge in [-0.3, -0.25) is 4.79 Å². The maximum atomic E-state index is 12.7. The molecule has 0 atom stereocenters. The number of primary amides is 1. The lowest BCUT2D eigenvalue weighted by molar-refractivity contribution is -0.137. The highest BCUT2D eigenvalue weighted by Gasteiger charge is 2.33. The topological polar surface area (TPSA) is 88.1 Å². The zero-order valence-corrected chi connectivity index (χ0v) is 10.3. The number of amides is 1. The second kappa shape index (κ2) is 6.77. The molecule has 0 heterocycles. The summed E-state index contributed by atoms with van der Waals surface area (Å²) in [5.74, 6) is -0.622. The van der Waals surface area contributed by atoms with Crippen LogP contribution in [-0.4, -0.2) is 25.7 Å². The van der Waals surface area contributed by atoms with E-state index in [1.165, 1.54) is 12.1 Å². The fourth-order valence-electron chi connectivity index (χ4n) is 1.43. The summed E-state index contributed by atoms with van der Waals surface area (Å²) in [7, 11) is 0. The fraction of sp³-hybridized carbons (Fsp3) is 0.333. The molecule has 0 spiro atoms. The highest BCUT2D eigenvalue weighted by atomic mass is 19.4. The third kappa shape index (κ3) is 4.78. The number of anilines is 1. The number of carbonyl (C=O) groups excluding carboxylic acids is 1. The predicted octanol–water partition coefficient (Wildman–Crippen LogP) is 1.49. The summed E-state index contributed by atoms with van der Waals surface area (Å²) in [6, 6.07) is 4.80. The largest absolute Gasteiger partial charge is 0.417 e. The predicted molar refractivity (Wildman–Crippen MR) is 64.7 cm³/mol. The Hall–Kier alpha value is -2.27. The minimum atomic E-state index is -4.59. The Morgan fingerprint density at radius 2 is 2.15 bits per heavy atom. The number of benzene rings is 1. The monoisotopic (exact) mass is 287 g/mol. The second-order valence-electron chi connectivity index (χ2n) is 3.82. The first kappa shape index (κ1) is 15.8. The average molecular weight is 287 g/mol. The van der Waals surface area contributed by atoms with Crippen LogP contribution in [0.15, 0.2) is 18.2 Å². The first-order chi connectivity index (χ1) is 9.34. The van der Waals surface area contributed by atoms with Crippen molar-refractivity contribution in [1.82, 2.24) is 0 Å². The van der Waals surface area contributed by atoms with Crippen molar-refractivity contribution in [3.63, 3.8) is 0 Å². The van der Waals surface area contributed by atoms with E-state index in [1.807, 2.05) is 0 Å². The van der Waals surface area contributed by atoms with Crippen molar-refractivity contribution in [2.45, 2.75) is 6.18 Å². The van der Waals surface area contributed by atoms with Crippen LogP contribution >= 0.6 is 0 Å². The molecule has 1 amide bonds. The van der Waals surface area contributed by atoms with Crippen LogP contribution in [0, 0.1) is 11.3 Å². The molecule has 0 unspecified atom stereocenters. The van der Waals surface area contributed by atoms with Gasteiger partial charge in [0.2, 0.25) is 5.91 Å². The number of nitrogens with two attached hydrogens (primary N) is 1. The van der Waals surface area contributed by atoms with E-state index in [9.17, 15) is 18.0 Å². The van der Waals surface area contributed by atoms with Gasteiger partial charge in [0.1, 0.15) is 6.61 Å². The lowest BCUT2D eigenvalue weighted by atomic mass is 10.1. The van der Waals surface area contributed by atoms with Gasteiger partial charge in [-0.15, -0.1) is 0 Å². The molecule has 5 nitrogen and oxygen atoms in total. The number of halogens is 3. The number of nitrogens with one attached hydrogen (secondary N) is 1. The Morgan fingerprint density at radius 3 is 2.70 bits per heavy atom. The molecule has 0 bridgehead atoms. The minimum Gasteiger partial charge on any atom is -0.383 e. The van der Waals surface area contributed by atoms with Gasteiger partial charge in [-0.2, -0.15) is 18.4 Å². The zero-order chi connectivity index (χ0) is 15.2. The number of nitrogens with zero attached hydrogens (tertiary/aromatic N) is 1. The molecule has 1 aromatic carbocycles. The molecule has 8 heteroatoms. The second-order valence-corrected chi connectivity index (χ2v) is 3.82. The van der Waals surface area contributed by atoms with Gasteiger partial charge in [0, 0.05) is 12.2 Å². The zero-order valence-electron chi connectivity index (χ0n) is 10.3. The molecule has 0 fully saturated rings. The van der Waals surface area contributed by atoms with E-state index in [0.717, 1.165) is 12.1 Å². The van der Waals surface area contributed by atoms with Gasteiger partial charge in [-0.25, -0.2) is 0 Å². The number of alkyl halides is 3. The number of hydrogen-bond donors (Lipinski definition) is 2. The van der Waals surface area contributed by atoms with Crippen LogP contribution < -0.4 is 11.1 Å². The van der Waals surface area contributed by atoms with E-state index in [-0.39, 0.29) is 25.4 Å². The van der Waals surface area contributed by atoms with Gasteiger partial charge in [0.25, 0.3) is 0 Å². The molecule has 0 saturated heterocycles. The normalized spacial score (nSPS) is 10.9. The van der Waals surface area contributed by atoms with Gasteiger partial charge in [0.15, 0.2) is 0 Å². The van der Waals surface area contributed by atoms with E-state index in [0.29, 0.717) is 0 Å². The molecular formula is C12H12F3N3O2. The van der Waals surface area contributed by atoms with Crippen molar-refractivity contribution in [1.29, 1.82) is 5.26 Å². The Balaban J connectivity index is 2.64. The van der Waals surface area contributed by atoms with E-state index in [1.54, 1.807) is 0 Å². The fourth-order valence-corrected chi connectivity index (χ4v) is 1.43. The van der Waals surface area contributed by atoms with Gasteiger partial charge < -0.3 is 15.8 Å². The van der Waals surface area contributed by atoms with Crippen LogP contribution in [0.2, 0.25) is 0 Å². The molecule has 108 valence electrons. The first-order valence-electron chi connectivity index (χ1n) is 5.56. The van der Waals surface area contributed by atoms with Crippen LogP contribution in [0.3, 0.4) is 0 Å². The van der Waals surface area contributed by atoms with E-state index < -0.39 is 23.2 Å².